The van der Waals surface area contributed by atoms with Crippen molar-refractivity contribution >= 4 is 46.4 Å². The molecule has 1 fully saturated rings. The van der Waals surface area contributed by atoms with Crippen LogP contribution in [0.1, 0.15) is 68.4 Å². The zero-order valence-electron chi connectivity index (χ0n) is 22.4. The quantitative estimate of drug-likeness (QED) is 0.246. The molecule has 204 valence electrons. The standard InChI is InChI=1S/C27H25Cl2N3O.C4H8O2/c1-17-2-4-18(5-3-17)19-6-8-20(9-7-19)21-10-13-26-31-25(16-32(26)15-21)27(33)30-22-11-12-23(28)24(29)14-22;1-3-6-4(2)5/h6-18H,2-5H2,1H3,(H,30,33);3H2,1-2H3. The number of carbonyl (C=O) groups is 2. The van der Waals surface area contributed by atoms with Crippen LogP contribution in [-0.2, 0) is 9.53 Å². The Morgan fingerprint density at radius 1 is 0.949 bits per heavy atom. The number of imidazole rings is 1. The molecule has 1 N–H and O–H groups in total. The van der Waals surface area contributed by atoms with Crippen LogP contribution in [0.3, 0.4) is 0 Å². The Bertz CT molecular complexity index is 1440. The summed E-state index contributed by atoms with van der Waals surface area (Å²) in [4.78, 5) is 27.0. The average Bonchev–Trinajstić information content (AvgIpc) is 3.35. The summed E-state index contributed by atoms with van der Waals surface area (Å²) in [5, 5.41) is 3.64. The maximum atomic E-state index is 12.7. The van der Waals surface area contributed by atoms with Crippen LogP contribution in [0.2, 0.25) is 10.0 Å². The van der Waals surface area contributed by atoms with Gasteiger partial charge in [-0.25, -0.2) is 4.98 Å². The summed E-state index contributed by atoms with van der Waals surface area (Å²) in [6.07, 6.45) is 8.97. The molecular formula is C31H33Cl2N3O3. The number of hydrogen-bond donors (Lipinski definition) is 1. The number of nitrogens with one attached hydrogen (secondary N) is 1. The van der Waals surface area contributed by atoms with Crippen molar-refractivity contribution in [3.05, 3.63) is 88.3 Å². The van der Waals surface area contributed by atoms with Crippen LogP contribution in [-0.4, -0.2) is 27.9 Å². The second-order valence-corrected chi connectivity index (χ2v) is 10.7. The summed E-state index contributed by atoms with van der Waals surface area (Å²) in [5.41, 5.74) is 5.29. The fraction of sp³-hybridized carbons (Fsp3) is 0.323. The van der Waals surface area contributed by atoms with Crippen molar-refractivity contribution in [3.8, 4) is 11.1 Å². The van der Waals surface area contributed by atoms with Gasteiger partial charge < -0.3 is 14.5 Å². The molecule has 0 bridgehead atoms. The van der Waals surface area contributed by atoms with Crippen molar-refractivity contribution in [1.29, 1.82) is 0 Å². The Morgan fingerprint density at radius 2 is 1.64 bits per heavy atom. The number of ether oxygens (including phenoxy) is 1. The summed E-state index contributed by atoms with van der Waals surface area (Å²) < 4.78 is 6.29. The Hall–Kier alpha value is -3.35. The lowest BCUT2D eigenvalue weighted by atomic mass is 9.79. The van der Waals surface area contributed by atoms with Crippen molar-refractivity contribution in [2.45, 2.75) is 52.4 Å². The van der Waals surface area contributed by atoms with Crippen molar-refractivity contribution in [2.24, 2.45) is 5.92 Å². The molecule has 0 aliphatic heterocycles. The molecule has 0 atom stereocenters. The molecule has 0 saturated heterocycles. The van der Waals surface area contributed by atoms with E-state index in [0.717, 1.165) is 17.0 Å². The van der Waals surface area contributed by atoms with E-state index in [2.05, 4.69) is 46.2 Å². The molecule has 1 aliphatic rings. The molecule has 2 heterocycles. The highest BCUT2D eigenvalue weighted by atomic mass is 35.5. The molecule has 1 saturated carbocycles. The Balaban J connectivity index is 0.000000531. The number of esters is 1. The lowest BCUT2D eigenvalue weighted by Gasteiger charge is -2.26. The van der Waals surface area contributed by atoms with Crippen molar-refractivity contribution < 1.29 is 14.3 Å². The smallest absolute Gasteiger partial charge is 0.302 e. The molecule has 1 aliphatic carbocycles. The minimum absolute atomic E-state index is 0.211. The third-order valence-corrected chi connectivity index (χ3v) is 7.68. The predicted octanol–water partition coefficient (Wildman–Crippen LogP) is 8.42. The van der Waals surface area contributed by atoms with Gasteiger partial charge in [-0.2, -0.15) is 0 Å². The first-order valence-electron chi connectivity index (χ1n) is 13.2. The van der Waals surface area contributed by atoms with Crippen molar-refractivity contribution in [1.82, 2.24) is 9.38 Å². The van der Waals surface area contributed by atoms with E-state index in [1.807, 2.05) is 22.7 Å². The predicted molar refractivity (Wildman–Crippen MR) is 158 cm³/mol. The number of pyridine rings is 1. The number of halogens is 2. The van der Waals surface area contributed by atoms with E-state index >= 15 is 0 Å². The van der Waals surface area contributed by atoms with Crippen LogP contribution in [0.25, 0.3) is 16.8 Å². The zero-order chi connectivity index (χ0) is 27.9. The van der Waals surface area contributed by atoms with Gasteiger partial charge in [-0.1, -0.05) is 67.2 Å². The van der Waals surface area contributed by atoms with Crippen LogP contribution in [0.15, 0.2) is 67.0 Å². The highest BCUT2D eigenvalue weighted by Crippen LogP contribution is 2.36. The van der Waals surface area contributed by atoms with Gasteiger partial charge in [0, 0.05) is 25.0 Å². The lowest BCUT2D eigenvalue weighted by molar-refractivity contribution is -0.140. The number of hydrogen-bond acceptors (Lipinski definition) is 4. The van der Waals surface area contributed by atoms with Crippen LogP contribution in [0.4, 0.5) is 5.69 Å². The van der Waals surface area contributed by atoms with E-state index in [1.54, 1.807) is 31.3 Å². The molecule has 2 aromatic carbocycles. The normalized spacial score (nSPS) is 16.7. The van der Waals surface area contributed by atoms with Gasteiger partial charge in [0.1, 0.15) is 11.3 Å². The molecule has 8 heteroatoms. The molecule has 2 aromatic heterocycles. The van der Waals surface area contributed by atoms with Gasteiger partial charge in [-0.15, -0.1) is 0 Å². The average molecular weight is 567 g/mol. The van der Waals surface area contributed by atoms with Crippen molar-refractivity contribution in [2.75, 3.05) is 11.9 Å². The topological polar surface area (TPSA) is 72.7 Å². The maximum Gasteiger partial charge on any atom is 0.302 e. The minimum Gasteiger partial charge on any atom is -0.466 e. The minimum atomic E-state index is -0.301. The Labute approximate surface area is 239 Å². The van der Waals surface area contributed by atoms with Gasteiger partial charge in [0.2, 0.25) is 0 Å². The molecule has 5 rings (SSSR count). The molecule has 4 aromatic rings. The van der Waals surface area contributed by atoms with Crippen LogP contribution in [0, 0.1) is 5.92 Å². The fourth-order valence-corrected chi connectivity index (χ4v) is 5.08. The van der Waals surface area contributed by atoms with Gasteiger partial charge in [-0.3, -0.25) is 9.59 Å². The number of anilines is 1. The number of benzene rings is 2. The molecule has 0 spiro atoms. The number of nitrogens with zero attached hydrogens (tertiary/aromatic N) is 2. The van der Waals surface area contributed by atoms with Gasteiger partial charge in [0.15, 0.2) is 0 Å². The maximum absolute atomic E-state index is 12.7. The first kappa shape index (κ1) is 28.7. The number of rotatable bonds is 5. The lowest BCUT2D eigenvalue weighted by Crippen LogP contribution is -2.12. The van der Waals surface area contributed by atoms with E-state index in [4.69, 9.17) is 23.2 Å². The highest BCUT2D eigenvalue weighted by molar-refractivity contribution is 6.42. The Morgan fingerprint density at radius 3 is 2.26 bits per heavy atom. The molecule has 6 nitrogen and oxygen atoms in total. The summed E-state index contributed by atoms with van der Waals surface area (Å²) in [5.74, 6) is 1.03. The summed E-state index contributed by atoms with van der Waals surface area (Å²) in [6, 6.07) is 17.9. The van der Waals surface area contributed by atoms with Gasteiger partial charge in [0.25, 0.3) is 5.91 Å². The molecule has 39 heavy (non-hydrogen) atoms. The SMILES string of the molecule is CC1CCC(c2ccc(-c3ccc4nc(C(=O)Nc5ccc(Cl)c(Cl)c5)cn4c3)cc2)CC1.CCOC(C)=O. The fourth-order valence-electron chi connectivity index (χ4n) is 4.79. The third kappa shape index (κ3) is 7.61. The number of carbonyl (C=O) groups excluding carboxylic acids is 2. The monoisotopic (exact) mass is 565 g/mol. The summed E-state index contributed by atoms with van der Waals surface area (Å²) in [7, 11) is 0. The second-order valence-electron chi connectivity index (χ2n) is 9.90. The first-order chi connectivity index (χ1) is 18.7. The van der Waals surface area contributed by atoms with E-state index in [9.17, 15) is 9.59 Å². The van der Waals surface area contributed by atoms with E-state index < -0.39 is 0 Å². The van der Waals surface area contributed by atoms with Crippen molar-refractivity contribution in [3.63, 3.8) is 0 Å². The van der Waals surface area contributed by atoms with Gasteiger partial charge in [0.05, 0.1) is 16.7 Å². The largest absolute Gasteiger partial charge is 0.466 e. The number of amides is 1. The summed E-state index contributed by atoms with van der Waals surface area (Å²) >= 11 is 12.0. The number of fused-ring (bicyclic) bond motifs is 1. The van der Waals surface area contributed by atoms with Crippen LogP contribution in [0.5, 0.6) is 0 Å². The molecule has 0 radical (unpaired) electrons. The van der Waals surface area contributed by atoms with E-state index in [0.29, 0.717) is 39.6 Å². The van der Waals surface area contributed by atoms with E-state index in [1.165, 1.54) is 38.2 Å². The molecular weight excluding hydrogens is 533 g/mol. The number of aromatic nitrogens is 2. The van der Waals surface area contributed by atoms with Crippen LogP contribution < -0.4 is 5.32 Å². The Kier molecular flexibility index (Phi) is 9.65. The molecule has 1 amide bonds. The first-order valence-corrected chi connectivity index (χ1v) is 14.0. The molecule has 0 unspecified atom stereocenters. The van der Waals surface area contributed by atoms with Gasteiger partial charge >= 0.3 is 5.97 Å². The van der Waals surface area contributed by atoms with E-state index in [-0.39, 0.29) is 11.9 Å². The van der Waals surface area contributed by atoms with Crippen LogP contribution >= 0.6 is 23.2 Å². The second kappa shape index (κ2) is 13.1. The third-order valence-electron chi connectivity index (χ3n) is 6.94. The highest BCUT2D eigenvalue weighted by Gasteiger charge is 2.19. The zero-order valence-corrected chi connectivity index (χ0v) is 23.9. The van der Waals surface area contributed by atoms with Gasteiger partial charge in [-0.05, 0) is 78.6 Å². The summed E-state index contributed by atoms with van der Waals surface area (Å²) in [6.45, 7) is 6.01.